The predicted molar refractivity (Wildman–Crippen MR) is 64.3 cm³/mol. The molecule has 6 nitrogen and oxygen atoms in total. The average molecular weight is 245 g/mol. The molecule has 18 heavy (non-hydrogen) atoms. The third kappa shape index (κ3) is 2.33. The van der Waals surface area contributed by atoms with E-state index in [9.17, 15) is 4.79 Å². The van der Waals surface area contributed by atoms with Crippen molar-refractivity contribution in [3.63, 3.8) is 0 Å². The van der Waals surface area contributed by atoms with E-state index in [-0.39, 0.29) is 17.3 Å². The minimum absolute atomic E-state index is 0.0525. The molecule has 0 radical (unpaired) electrons. The fourth-order valence-corrected chi connectivity index (χ4v) is 1.77. The van der Waals surface area contributed by atoms with Gasteiger partial charge in [0.05, 0.1) is 6.33 Å². The highest BCUT2D eigenvalue weighted by Crippen LogP contribution is 2.15. The van der Waals surface area contributed by atoms with Gasteiger partial charge in [-0.2, -0.15) is 10.5 Å². The highest BCUT2D eigenvalue weighted by molar-refractivity contribution is 5.80. The number of aromatic nitrogens is 2. The van der Waals surface area contributed by atoms with Gasteiger partial charge in [-0.25, -0.2) is 4.98 Å². The summed E-state index contributed by atoms with van der Waals surface area (Å²) in [6.07, 6.45) is 1.36. The summed E-state index contributed by atoms with van der Waals surface area (Å²) in [5.41, 5.74) is 0.183. The standard InChI is InChI=1S/C12H15N5O/c1-4-16(5-2)12(18)9(3)17-8-15-10(6-13)11(17)7-14/h8-9H,4-5H2,1-3H3. The fraction of sp³-hybridized carbons (Fsp3) is 0.500. The number of likely N-dealkylation sites (N-methyl/N-ethyl adjacent to an activating group) is 1. The second kappa shape index (κ2) is 5.83. The van der Waals surface area contributed by atoms with E-state index in [1.54, 1.807) is 11.8 Å². The van der Waals surface area contributed by atoms with Gasteiger partial charge in [-0.15, -0.1) is 0 Å². The lowest BCUT2D eigenvalue weighted by Crippen LogP contribution is -2.36. The first-order chi connectivity index (χ1) is 8.60. The van der Waals surface area contributed by atoms with Crippen molar-refractivity contribution >= 4 is 5.91 Å². The summed E-state index contributed by atoms with van der Waals surface area (Å²) in [4.78, 5) is 17.7. The molecule has 0 aliphatic heterocycles. The zero-order chi connectivity index (χ0) is 13.7. The van der Waals surface area contributed by atoms with Crippen molar-refractivity contribution < 1.29 is 4.79 Å². The molecule has 0 fully saturated rings. The van der Waals surface area contributed by atoms with E-state index in [1.165, 1.54) is 10.9 Å². The number of amides is 1. The molecule has 0 aromatic carbocycles. The molecule has 1 aromatic rings. The summed E-state index contributed by atoms with van der Waals surface area (Å²) in [6, 6.07) is 3.22. The third-order valence-electron chi connectivity index (χ3n) is 2.86. The fourth-order valence-electron chi connectivity index (χ4n) is 1.77. The number of imidazole rings is 1. The normalized spacial score (nSPS) is 11.4. The minimum atomic E-state index is -0.533. The topological polar surface area (TPSA) is 85.7 Å². The van der Waals surface area contributed by atoms with Gasteiger partial charge in [0.1, 0.15) is 18.2 Å². The Hall–Kier alpha value is -2.34. The Bertz CT molecular complexity index is 516. The van der Waals surface area contributed by atoms with E-state index in [4.69, 9.17) is 10.5 Å². The number of hydrogen-bond acceptors (Lipinski definition) is 4. The lowest BCUT2D eigenvalue weighted by molar-refractivity contribution is -0.133. The van der Waals surface area contributed by atoms with Crippen LogP contribution in [0.25, 0.3) is 0 Å². The van der Waals surface area contributed by atoms with Crippen molar-refractivity contribution in [1.82, 2.24) is 14.5 Å². The van der Waals surface area contributed by atoms with Gasteiger partial charge in [-0.1, -0.05) is 0 Å². The number of carbonyl (C=O) groups excluding carboxylic acids is 1. The summed E-state index contributed by atoms with van der Waals surface area (Å²) in [5.74, 6) is -0.0848. The number of nitriles is 2. The maximum absolute atomic E-state index is 12.2. The third-order valence-corrected chi connectivity index (χ3v) is 2.86. The van der Waals surface area contributed by atoms with Gasteiger partial charge in [0.2, 0.25) is 5.91 Å². The number of nitrogens with zero attached hydrogens (tertiary/aromatic N) is 5. The van der Waals surface area contributed by atoms with Crippen LogP contribution < -0.4 is 0 Å². The molecule has 0 saturated carbocycles. The molecule has 0 bridgehead atoms. The van der Waals surface area contributed by atoms with E-state index >= 15 is 0 Å². The van der Waals surface area contributed by atoms with Crippen LogP contribution >= 0.6 is 0 Å². The Labute approximate surface area is 106 Å². The Morgan fingerprint density at radius 3 is 2.50 bits per heavy atom. The Balaban J connectivity index is 3.09. The molecule has 0 aliphatic carbocycles. The minimum Gasteiger partial charge on any atom is -0.341 e. The lowest BCUT2D eigenvalue weighted by atomic mass is 10.2. The first-order valence-corrected chi connectivity index (χ1v) is 5.76. The molecule has 1 unspecified atom stereocenters. The highest BCUT2D eigenvalue weighted by atomic mass is 16.2. The number of carbonyl (C=O) groups is 1. The SMILES string of the molecule is CCN(CC)C(=O)C(C)n1cnc(C#N)c1C#N. The lowest BCUT2D eigenvalue weighted by Gasteiger charge is -2.23. The summed E-state index contributed by atoms with van der Waals surface area (Å²) in [5, 5.41) is 17.8. The second-order valence-corrected chi connectivity index (χ2v) is 3.76. The maximum atomic E-state index is 12.2. The van der Waals surface area contributed by atoms with Crippen molar-refractivity contribution in [3.05, 3.63) is 17.7 Å². The predicted octanol–water partition coefficient (Wildman–Crippen LogP) is 1.06. The Morgan fingerprint density at radius 2 is 2.06 bits per heavy atom. The van der Waals surface area contributed by atoms with Crippen LogP contribution in [0.2, 0.25) is 0 Å². The molecule has 6 heteroatoms. The van der Waals surface area contributed by atoms with Crippen molar-refractivity contribution in [2.24, 2.45) is 0 Å². The van der Waals surface area contributed by atoms with Crippen LogP contribution in [0.3, 0.4) is 0 Å². The molecule has 1 rings (SSSR count). The van der Waals surface area contributed by atoms with Crippen molar-refractivity contribution in [1.29, 1.82) is 10.5 Å². The Morgan fingerprint density at radius 1 is 1.44 bits per heavy atom. The molecule has 0 spiro atoms. The van der Waals surface area contributed by atoms with Crippen LogP contribution in [0, 0.1) is 22.7 Å². The van der Waals surface area contributed by atoms with E-state index in [1.807, 2.05) is 26.0 Å². The Kier molecular flexibility index (Phi) is 4.45. The first kappa shape index (κ1) is 13.7. The van der Waals surface area contributed by atoms with E-state index in [0.29, 0.717) is 13.1 Å². The van der Waals surface area contributed by atoms with Gasteiger partial charge in [-0.05, 0) is 20.8 Å². The monoisotopic (exact) mass is 245 g/mol. The van der Waals surface area contributed by atoms with Gasteiger partial charge in [0.25, 0.3) is 0 Å². The molecule has 1 aromatic heterocycles. The quantitative estimate of drug-likeness (QED) is 0.793. The smallest absolute Gasteiger partial charge is 0.245 e. The largest absolute Gasteiger partial charge is 0.341 e. The highest BCUT2D eigenvalue weighted by Gasteiger charge is 2.23. The molecule has 0 aliphatic rings. The van der Waals surface area contributed by atoms with Gasteiger partial charge in [-0.3, -0.25) is 4.79 Å². The van der Waals surface area contributed by atoms with Gasteiger partial charge >= 0.3 is 0 Å². The molecule has 1 heterocycles. The number of rotatable bonds is 4. The zero-order valence-corrected chi connectivity index (χ0v) is 10.7. The van der Waals surface area contributed by atoms with Crippen LogP contribution in [0.15, 0.2) is 6.33 Å². The average Bonchev–Trinajstić information content (AvgIpc) is 2.81. The first-order valence-electron chi connectivity index (χ1n) is 5.76. The maximum Gasteiger partial charge on any atom is 0.245 e. The van der Waals surface area contributed by atoms with Gasteiger partial charge < -0.3 is 9.47 Å². The summed E-state index contributed by atoms with van der Waals surface area (Å²) in [7, 11) is 0. The molecule has 0 saturated heterocycles. The molecular weight excluding hydrogens is 230 g/mol. The molecule has 94 valence electrons. The van der Waals surface area contributed by atoms with Gasteiger partial charge in [0.15, 0.2) is 11.4 Å². The number of hydrogen-bond donors (Lipinski definition) is 0. The van der Waals surface area contributed by atoms with E-state index < -0.39 is 6.04 Å². The van der Waals surface area contributed by atoms with Crippen LogP contribution in [0.1, 0.15) is 38.2 Å². The molecule has 1 amide bonds. The molecule has 1 atom stereocenters. The summed E-state index contributed by atoms with van der Waals surface area (Å²) in [6.45, 7) is 6.72. The van der Waals surface area contributed by atoms with Crippen molar-refractivity contribution in [2.45, 2.75) is 26.8 Å². The molecule has 0 N–H and O–H groups in total. The van der Waals surface area contributed by atoms with E-state index in [0.717, 1.165) is 0 Å². The van der Waals surface area contributed by atoms with Crippen LogP contribution in [-0.2, 0) is 4.79 Å². The van der Waals surface area contributed by atoms with Gasteiger partial charge in [0, 0.05) is 13.1 Å². The van der Waals surface area contributed by atoms with Crippen LogP contribution in [0.5, 0.6) is 0 Å². The van der Waals surface area contributed by atoms with Crippen LogP contribution in [-0.4, -0.2) is 33.4 Å². The van der Waals surface area contributed by atoms with Crippen molar-refractivity contribution in [2.75, 3.05) is 13.1 Å². The van der Waals surface area contributed by atoms with E-state index in [2.05, 4.69) is 4.98 Å². The summed E-state index contributed by atoms with van der Waals surface area (Å²) >= 11 is 0. The van der Waals surface area contributed by atoms with Crippen LogP contribution in [0.4, 0.5) is 0 Å². The summed E-state index contributed by atoms with van der Waals surface area (Å²) < 4.78 is 1.44. The second-order valence-electron chi connectivity index (χ2n) is 3.76. The molecular formula is C12H15N5O. The zero-order valence-electron chi connectivity index (χ0n) is 10.7. The van der Waals surface area contributed by atoms with Crippen molar-refractivity contribution in [3.8, 4) is 12.1 Å².